The van der Waals surface area contributed by atoms with E-state index in [1.807, 2.05) is 91.9 Å². The summed E-state index contributed by atoms with van der Waals surface area (Å²) in [6.45, 7) is 2.91. The summed E-state index contributed by atoms with van der Waals surface area (Å²) in [5.74, 6) is 0.768. The van der Waals surface area contributed by atoms with Crippen LogP contribution >= 0.6 is 35.4 Å². The van der Waals surface area contributed by atoms with E-state index >= 15 is 0 Å². The maximum atomic E-state index is 13.8. The summed E-state index contributed by atoms with van der Waals surface area (Å²) in [5, 5.41) is 1.41. The number of rotatable bonds is 9. The van der Waals surface area contributed by atoms with E-state index in [1.54, 1.807) is 28.0 Å². The molecule has 4 aromatic carbocycles. The number of hydrogen-bond acceptors (Lipinski definition) is 4. The Morgan fingerprint density at radius 2 is 1.48 bits per heavy atom. The summed E-state index contributed by atoms with van der Waals surface area (Å²) < 4.78 is 11.9. The highest BCUT2D eigenvalue weighted by Crippen LogP contribution is 2.38. The molecule has 202 valence electrons. The highest BCUT2D eigenvalue weighted by molar-refractivity contribution is 7.80. The minimum Gasteiger partial charge on any atom is -0.490 e. The van der Waals surface area contributed by atoms with Crippen LogP contribution in [0, 0.1) is 0 Å². The Morgan fingerprint density at radius 1 is 0.825 bits per heavy atom. The predicted octanol–water partition coefficient (Wildman–Crippen LogP) is 8.15. The standard InChI is InChI=1S/C32H26Cl2N2O3S/c1-2-38-29-18-24(27(34)19-30(29)39-21-23-13-9-10-16-26(23)33)17-28-31(37)35(20-22-11-5-3-6-12-22)32(40)36(28)25-14-7-4-8-15-25/h3-19H,2,20-21H2,1H3/b28-17+. The first-order chi connectivity index (χ1) is 19.5. The van der Waals surface area contributed by atoms with E-state index in [2.05, 4.69) is 0 Å². The Hall–Kier alpha value is -3.84. The van der Waals surface area contributed by atoms with Crippen molar-refractivity contribution in [1.82, 2.24) is 4.90 Å². The Balaban J connectivity index is 1.52. The topological polar surface area (TPSA) is 42.0 Å². The number of carbonyl (C=O) groups is 1. The molecule has 0 unspecified atom stereocenters. The first kappa shape index (κ1) is 27.7. The minimum atomic E-state index is -0.217. The number of para-hydroxylation sites is 1. The quantitative estimate of drug-likeness (QED) is 0.146. The third kappa shape index (κ3) is 5.99. The fourth-order valence-electron chi connectivity index (χ4n) is 4.36. The van der Waals surface area contributed by atoms with E-state index in [0.717, 1.165) is 16.8 Å². The van der Waals surface area contributed by atoms with Gasteiger partial charge in [-0.25, -0.2) is 0 Å². The van der Waals surface area contributed by atoms with Gasteiger partial charge in [0, 0.05) is 22.3 Å². The number of nitrogens with zero attached hydrogens (tertiary/aromatic N) is 2. The van der Waals surface area contributed by atoms with Gasteiger partial charge in [0.15, 0.2) is 16.6 Å². The monoisotopic (exact) mass is 588 g/mol. The fourth-order valence-corrected chi connectivity index (χ4v) is 5.11. The molecule has 1 saturated heterocycles. The Kier molecular flexibility index (Phi) is 8.70. The molecule has 1 aliphatic rings. The normalized spacial score (nSPS) is 14.2. The third-order valence-electron chi connectivity index (χ3n) is 6.32. The molecule has 0 saturated carbocycles. The first-order valence-electron chi connectivity index (χ1n) is 12.8. The van der Waals surface area contributed by atoms with Gasteiger partial charge in [-0.2, -0.15) is 0 Å². The van der Waals surface area contributed by atoms with Gasteiger partial charge in [0.05, 0.1) is 18.2 Å². The maximum absolute atomic E-state index is 13.8. The minimum absolute atomic E-state index is 0.217. The zero-order chi connectivity index (χ0) is 28.1. The highest BCUT2D eigenvalue weighted by Gasteiger charge is 2.39. The van der Waals surface area contributed by atoms with E-state index in [9.17, 15) is 4.79 Å². The van der Waals surface area contributed by atoms with Crippen LogP contribution in [0.1, 0.15) is 23.6 Å². The summed E-state index contributed by atoms with van der Waals surface area (Å²) in [6, 6.07) is 30.3. The van der Waals surface area contributed by atoms with E-state index in [4.69, 9.17) is 44.9 Å². The van der Waals surface area contributed by atoms with Crippen molar-refractivity contribution in [1.29, 1.82) is 0 Å². The van der Waals surface area contributed by atoms with Gasteiger partial charge in [0.25, 0.3) is 5.91 Å². The lowest BCUT2D eigenvalue weighted by atomic mass is 10.1. The summed E-state index contributed by atoms with van der Waals surface area (Å²) in [7, 11) is 0. The van der Waals surface area contributed by atoms with Crippen LogP contribution in [0.4, 0.5) is 5.69 Å². The van der Waals surface area contributed by atoms with E-state index in [1.165, 1.54) is 0 Å². The molecule has 8 heteroatoms. The Labute approximate surface area is 249 Å². The van der Waals surface area contributed by atoms with Crippen LogP contribution in [0.2, 0.25) is 10.0 Å². The molecular formula is C32H26Cl2N2O3S. The highest BCUT2D eigenvalue weighted by atomic mass is 35.5. The van der Waals surface area contributed by atoms with Crippen molar-refractivity contribution < 1.29 is 14.3 Å². The second-order valence-corrected chi connectivity index (χ2v) is 10.2. The second-order valence-electron chi connectivity index (χ2n) is 8.99. The second kappa shape index (κ2) is 12.6. The number of hydrogen-bond donors (Lipinski definition) is 0. The molecule has 1 fully saturated rings. The molecule has 0 radical (unpaired) electrons. The predicted molar refractivity (Wildman–Crippen MR) is 165 cm³/mol. The summed E-state index contributed by atoms with van der Waals surface area (Å²) in [6.07, 6.45) is 1.75. The van der Waals surface area contributed by atoms with Crippen LogP contribution in [-0.4, -0.2) is 22.5 Å². The zero-order valence-corrected chi connectivity index (χ0v) is 24.0. The van der Waals surface area contributed by atoms with E-state index in [0.29, 0.717) is 51.1 Å². The molecule has 0 spiro atoms. The number of thiocarbonyl (C=S) groups is 1. The lowest BCUT2D eigenvalue weighted by Crippen LogP contribution is -2.32. The molecule has 0 atom stereocenters. The van der Waals surface area contributed by atoms with Crippen LogP contribution in [0.25, 0.3) is 6.08 Å². The van der Waals surface area contributed by atoms with Gasteiger partial charge in [-0.05, 0) is 60.6 Å². The molecule has 1 aliphatic heterocycles. The van der Waals surface area contributed by atoms with Crippen molar-refractivity contribution in [2.45, 2.75) is 20.1 Å². The van der Waals surface area contributed by atoms with Gasteiger partial charge in [-0.1, -0.05) is 89.9 Å². The number of ether oxygens (including phenoxy) is 2. The number of benzene rings is 4. The lowest BCUT2D eigenvalue weighted by molar-refractivity contribution is -0.122. The van der Waals surface area contributed by atoms with Gasteiger partial charge in [-0.3, -0.25) is 14.6 Å². The van der Waals surface area contributed by atoms with Crippen molar-refractivity contribution in [2.24, 2.45) is 0 Å². The van der Waals surface area contributed by atoms with Crippen LogP contribution in [0.15, 0.2) is 103 Å². The van der Waals surface area contributed by atoms with Gasteiger partial charge < -0.3 is 9.47 Å². The van der Waals surface area contributed by atoms with Crippen LogP contribution in [0.5, 0.6) is 11.5 Å². The van der Waals surface area contributed by atoms with Crippen LogP contribution in [0.3, 0.4) is 0 Å². The molecule has 5 rings (SSSR count). The summed E-state index contributed by atoms with van der Waals surface area (Å²) >= 11 is 18.9. The average molecular weight is 590 g/mol. The maximum Gasteiger partial charge on any atom is 0.277 e. The number of amides is 1. The molecule has 0 aliphatic carbocycles. The lowest BCUT2D eigenvalue weighted by Gasteiger charge is -2.20. The Morgan fingerprint density at radius 3 is 2.17 bits per heavy atom. The van der Waals surface area contributed by atoms with Crippen LogP contribution in [-0.2, 0) is 17.9 Å². The summed E-state index contributed by atoms with van der Waals surface area (Å²) in [5.41, 5.74) is 3.59. The molecular weight excluding hydrogens is 563 g/mol. The van der Waals surface area contributed by atoms with Crippen molar-refractivity contribution in [3.8, 4) is 11.5 Å². The molecule has 5 nitrogen and oxygen atoms in total. The van der Waals surface area contributed by atoms with Crippen molar-refractivity contribution >= 4 is 58.2 Å². The van der Waals surface area contributed by atoms with E-state index < -0.39 is 0 Å². The van der Waals surface area contributed by atoms with Crippen molar-refractivity contribution in [3.63, 3.8) is 0 Å². The van der Waals surface area contributed by atoms with Gasteiger partial charge in [-0.15, -0.1) is 0 Å². The zero-order valence-electron chi connectivity index (χ0n) is 21.7. The molecule has 0 bridgehead atoms. The number of halogens is 2. The molecule has 0 N–H and O–H groups in total. The SMILES string of the molecule is CCOc1cc(/C=C2\C(=O)N(Cc3ccccc3)C(=S)N2c2ccccc2)c(Cl)cc1OCc1ccccc1Cl. The van der Waals surface area contributed by atoms with Crippen molar-refractivity contribution in [3.05, 3.63) is 129 Å². The van der Waals surface area contributed by atoms with Gasteiger partial charge in [0.2, 0.25) is 0 Å². The Bertz CT molecular complexity index is 1560. The fraction of sp³-hybridized carbons (Fsp3) is 0.125. The largest absolute Gasteiger partial charge is 0.490 e. The van der Waals surface area contributed by atoms with E-state index in [-0.39, 0.29) is 12.5 Å². The van der Waals surface area contributed by atoms with Crippen LogP contribution < -0.4 is 14.4 Å². The molecule has 0 aromatic heterocycles. The molecule has 1 heterocycles. The molecule has 4 aromatic rings. The van der Waals surface area contributed by atoms with Gasteiger partial charge in [0.1, 0.15) is 12.3 Å². The summed E-state index contributed by atoms with van der Waals surface area (Å²) in [4.78, 5) is 17.2. The average Bonchev–Trinajstić information content (AvgIpc) is 3.19. The first-order valence-corrected chi connectivity index (χ1v) is 13.9. The van der Waals surface area contributed by atoms with Gasteiger partial charge >= 0.3 is 0 Å². The number of carbonyl (C=O) groups excluding carboxylic acids is 1. The van der Waals surface area contributed by atoms with Crippen molar-refractivity contribution in [2.75, 3.05) is 11.5 Å². The molecule has 40 heavy (non-hydrogen) atoms. The number of anilines is 1. The smallest absolute Gasteiger partial charge is 0.277 e. The third-order valence-corrected chi connectivity index (χ3v) is 7.42. The molecule has 1 amide bonds.